The summed E-state index contributed by atoms with van der Waals surface area (Å²) in [5, 5.41) is 12.2. The minimum absolute atomic E-state index is 0.0920. The molecule has 0 bridgehead atoms. The van der Waals surface area contributed by atoms with Gasteiger partial charge in [0.25, 0.3) is 0 Å². The molecule has 4 heteroatoms. The molecular weight excluding hydrogens is 198 g/mol. The maximum atomic E-state index is 11.3. The van der Waals surface area contributed by atoms with Crippen molar-refractivity contribution >= 4 is 17.7 Å². The second-order valence-corrected chi connectivity index (χ2v) is 5.37. The lowest BCUT2D eigenvalue weighted by Gasteiger charge is -2.13. The molecule has 0 aromatic carbocycles. The first kappa shape index (κ1) is 11.9. The maximum Gasteiger partial charge on any atom is 0.230 e. The Morgan fingerprint density at radius 3 is 2.71 bits per heavy atom. The Hall–Kier alpha value is -0.220. The Morgan fingerprint density at radius 1 is 1.57 bits per heavy atom. The van der Waals surface area contributed by atoms with Crippen molar-refractivity contribution in [3.05, 3.63) is 0 Å². The lowest BCUT2D eigenvalue weighted by molar-refractivity contribution is -0.118. The fourth-order valence-electron chi connectivity index (χ4n) is 0.978. The van der Waals surface area contributed by atoms with E-state index in [0.29, 0.717) is 5.75 Å². The van der Waals surface area contributed by atoms with Crippen molar-refractivity contribution in [1.82, 2.24) is 5.32 Å². The van der Waals surface area contributed by atoms with Crippen molar-refractivity contribution in [2.45, 2.75) is 38.0 Å². The second kappa shape index (κ2) is 5.61. The van der Waals surface area contributed by atoms with Crippen molar-refractivity contribution in [3.8, 4) is 0 Å². The molecule has 1 aliphatic rings. The first-order valence-corrected chi connectivity index (χ1v) is 6.21. The van der Waals surface area contributed by atoms with E-state index in [1.165, 1.54) is 24.6 Å². The average molecular weight is 217 g/mol. The quantitative estimate of drug-likeness (QED) is 0.698. The van der Waals surface area contributed by atoms with Crippen LogP contribution in [0, 0.1) is 5.92 Å². The van der Waals surface area contributed by atoms with Gasteiger partial charge in [0.2, 0.25) is 5.91 Å². The molecule has 1 saturated carbocycles. The van der Waals surface area contributed by atoms with Gasteiger partial charge in [-0.2, -0.15) is 0 Å². The Morgan fingerprint density at radius 2 is 2.21 bits per heavy atom. The summed E-state index contributed by atoms with van der Waals surface area (Å²) in [6, 6.07) is 0. The van der Waals surface area contributed by atoms with Gasteiger partial charge in [0, 0.05) is 11.8 Å². The van der Waals surface area contributed by atoms with Crippen LogP contribution in [0.15, 0.2) is 0 Å². The van der Waals surface area contributed by atoms with E-state index in [-0.39, 0.29) is 17.3 Å². The number of rotatable bonds is 6. The van der Waals surface area contributed by atoms with Crippen LogP contribution in [-0.4, -0.2) is 34.7 Å². The third-order valence-electron chi connectivity index (χ3n) is 2.44. The molecule has 0 radical (unpaired) electrons. The number of hydrogen-bond acceptors (Lipinski definition) is 3. The number of aliphatic hydroxyl groups excluding tert-OH is 1. The predicted octanol–water partition coefficient (Wildman–Crippen LogP) is 1.02. The summed E-state index contributed by atoms with van der Waals surface area (Å²) in [6.45, 7) is 4.52. The number of aliphatic hydroxyl groups is 1. The Labute approximate surface area is 89.6 Å². The van der Waals surface area contributed by atoms with Gasteiger partial charge in [0.05, 0.1) is 11.9 Å². The first-order chi connectivity index (χ1) is 6.59. The maximum absolute atomic E-state index is 11.3. The Kier molecular flexibility index (Phi) is 4.75. The van der Waals surface area contributed by atoms with Crippen molar-refractivity contribution in [3.63, 3.8) is 0 Å². The average Bonchev–Trinajstić information content (AvgIpc) is 2.94. The summed E-state index contributed by atoms with van der Waals surface area (Å²) in [5.74, 6) is 1.28. The monoisotopic (exact) mass is 217 g/mol. The number of amides is 1. The Bertz CT molecular complexity index is 193. The second-order valence-electron chi connectivity index (χ2n) is 4.00. The van der Waals surface area contributed by atoms with E-state index in [0.717, 1.165) is 12.5 Å². The zero-order chi connectivity index (χ0) is 10.6. The van der Waals surface area contributed by atoms with Crippen LogP contribution in [0.25, 0.3) is 0 Å². The van der Waals surface area contributed by atoms with Crippen LogP contribution in [0.1, 0.15) is 26.7 Å². The van der Waals surface area contributed by atoms with Crippen molar-refractivity contribution < 1.29 is 9.90 Å². The zero-order valence-corrected chi connectivity index (χ0v) is 9.64. The first-order valence-electron chi connectivity index (χ1n) is 5.16. The van der Waals surface area contributed by atoms with Crippen molar-refractivity contribution in [2.24, 2.45) is 5.92 Å². The predicted molar refractivity (Wildman–Crippen MR) is 59.3 cm³/mol. The normalized spacial score (nSPS) is 20.2. The van der Waals surface area contributed by atoms with E-state index in [2.05, 4.69) is 5.32 Å². The number of carbonyl (C=O) groups is 1. The van der Waals surface area contributed by atoms with Crippen LogP contribution in [0.3, 0.4) is 0 Å². The van der Waals surface area contributed by atoms with E-state index in [4.69, 9.17) is 0 Å². The van der Waals surface area contributed by atoms with Crippen LogP contribution in [-0.2, 0) is 4.79 Å². The molecule has 1 fully saturated rings. The summed E-state index contributed by atoms with van der Waals surface area (Å²) >= 11 is 1.50. The largest absolute Gasteiger partial charge is 0.392 e. The van der Waals surface area contributed by atoms with Gasteiger partial charge in [0.1, 0.15) is 0 Å². The molecule has 0 heterocycles. The van der Waals surface area contributed by atoms with Gasteiger partial charge in [-0.3, -0.25) is 4.79 Å². The smallest absolute Gasteiger partial charge is 0.230 e. The standard InChI is InChI=1S/C10H19NO2S/c1-7(12)8(2)14-6-10(13)11-5-9-3-4-9/h7-9,12H,3-6H2,1-2H3,(H,11,13). The van der Waals surface area contributed by atoms with Crippen molar-refractivity contribution in [2.75, 3.05) is 12.3 Å². The molecular formula is C10H19NO2S. The summed E-state index contributed by atoms with van der Waals surface area (Å²) in [5.41, 5.74) is 0. The van der Waals surface area contributed by atoms with Gasteiger partial charge in [-0.15, -0.1) is 11.8 Å². The van der Waals surface area contributed by atoms with Gasteiger partial charge in [0.15, 0.2) is 0 Å². The fourth-order valence-corrected chi connectivity index (χ4v) is 1.77. The lowest BCUT2D eigenvalue weighted by atomic mass is 10.3. The van der Waals surface area contributed by atoms with E-state index in [1.807, 2.05) is 6.92 Å². The van der Waals surface area contributed by atoms with Crippen LogP contribution in [0.2, 0.25) is 0 Å². The molecule has 0 aromatic rings. The molecule has 0 aliphatic heterocycles. The highest BCUT2D eigenvalue weighted by molar-refractivity contribution is 8.00. The molecule has 2 atom stereocenters. The van der Waals surface area contributed by atoms with Crippen LogP contribution in [0.4, 0.5) is 0 Å². The third kappa shape index (κ3) is 4.86. The number of carbonyl (C=O) groups excluding carboxylic acids is 1. The van der Waals surface area contributed by atoms with E-state index >= 15 is 0 Å². The summed E-state index contributed by atoms with van der Waals surface area (Å²) in [4.78, 5) is 11.3. The lowest BCUT2D eigenvalue weighted by Crippen LogP contribution is -2.28. The molecule has 82 valence electrons. The van der Waals surface area contributed by atoms with Gasteiger partial charge in [-0.05, 0) is 25.7 Å². The van der Waals surface area contributed by atoms with Crippen molar-refractivity contribution in [1.29, 1.82) is 0 Å². The van der Waals surface area contributed by atoms with E-state index in [1.54, 1.807) is 6.92 Å². The molecule has 3 nitrogen and oxygen atoms in total. The van der Waals surface area contributed by atoms with Crippen LogP contribution >= 0.6 is 11.8 Å². The number of nitrogens with one attached hydrogen (secondary N) is 1. The summed E-state index contributed by atoms with van der Waals surface area (Å²) < 4.78 is 0. The molecule has 0 aromatic heterocycles. The third-order valence-corrected chi connectivity index (χ3v) is 3.79. The van der Waals surface area contributed by atoms with E-state index < -0.39 is 0 Å². The van der Waals surface area contributed by atoms with Gasteiger partial charge in [-0.25, -0.2) is 0 Å². The summed E-state index contributed by atoms with van der Waals surface area (Å²) in [6.07, 6.45) is 2.17. The SMILES string of the molecule is CC(O)C(C)SCC(=O)NCC1CC1. The Balaban J connectivity index is 2.01. The molecule has 2 N–H and O–H groups in total. The molecule has 2 unspecified atom stereocenters. The molecule has 0 spiro atoms. The van der Waals surface area contributed by atoms with Gasteiger partial charge < -0.3 is 10.4 Å². The summed E-state index contributed by atoms with van der Waals surface area (Å²) in [7, 11) is 0. The van der Waals surface area contributed by atoms with Gasteiger partial charge in [-0.1, -0.05) is 6.92 Å². The molecule has 14 heavy (non-hydrogen) atoms. The van der Waals surface area contributed by atoms with Crippen LogP contribution < -0.4 is 5.32 Å². The fraction of sp³-hybridized carbons (Fsp3) is 0.900. The van der Waals surface area contributed by atoms with Crippen LogP contribution in [0.5, 0.6) is 0 Å². The van der Waals surface area contributed by atoms with Gasteiger partial charge >= 0.3 is 0 Å². The topological polar surface area (TPSA) is 49.3 Å². The minimum atomic E-state index is -0.351. The zero-order valence-electron chi connectivity index (χ0n) is 8.82. The molecule has 1 aliphatic carbocycles. The highest BCUT2D eigenvalue weighted by Gasteiger charge is 2.21. The molecule has 1 rings (SSSR count). The highest BCUT2D eigenvalue weighted by Crippen LogP contribution is 2.27. The highest BCUT2D eigenvalue weighted by atomic mass is 32.2. The number of thioether (sulfide) groups is 1. The molecule has 1 amide bonds. The molecule has 0 saturated heterocycles. The van der Waals surface area contributed by atoms with E-state index in [9.17, 15) is 9.90 Å². The number of hydrogen-bond donors (Lipinski definition) is 2. The minimum Gasteiger partial charge on any atom is -0.392 e.